The van der Waals surface area contributed by atoms with Gasteiger partial charge in [-0.3, -0.25) is 9.59 Å². The maximum atomic E-state index is 11.1. The molecule has 0 atom stereocenters. The van der Waals surface area contributed by atoms with Crippen molar-refractivity contribution in [2.75, 3.05) is 13.2 Å². The van der Waals surface area contributed by atoms with Crippen molar-refractivity contribution < 1.29 is 19.8 Å². The third-order valence-corrected chi connectivity index (χ3v) is 1.56. The molecule has 0 aromatic carbocycles. The predicted molar refractivity (Wildman–Crippen MR) is 40.4 cm³/mol. The third kappa shape index (κ3) is 1.49. The Morgan fingerprint density at radius 3 is 1.75 bits per heavy atom. The van der Waals surface area contributed by atoms with Gasteiger partial charge in [0.15, 0.2) is 11.6 Å². The van der Waals surface area contributed by atoms with Gasteiger partial charge in [0, 0.05) is 11.1 Å². The van der Waals surface area contributed by atoms with Crippen LogP contribution in [0.5, 0.6) is 0 Å². The van der Waals surface area contributed by atoms with Gasteiger partial charge in [0.05, 0.1) is 13.2 Å². The van der Waals surface area contributed by atoms with E-state index in [1.165, 1.54) is 0 Å². The Morgan fingerprint density at radius 2 is 1.42 bits per heavy atom. The highest BCUT2D eigenvalue weighted by Crippen LogP contribution is 2.11. The van der Waals surface area contributed by atoms with Crippen LogP contribution in [0.3, 0.4) is 0 Å². The van der Waals surface area contributed by atoms with Crippen LogP contribution in [0.15, 0.2) is 23.3 Å². The number of rotatable bonds is 2. The summed E-state index contributed by atoms with van der Waals surface area (Å²) in [5.74, 6) is -0.831. The van der Waals surface area contributed by atoms with Gasteiger partial charge in [0.1, 0.15) is 0 Å². The summed E-state index contributed by atoms with van der Waals surface area (Å²) in [6.45, 7) is -0.941. The van der Waals surface area contributed by atoms with Crippen molar-refractivity contribution in [2.45, 2.75) is 0 Å². The van der Waals surface area contributed by atoms with Gasteiger partial charge in [0.2, 0.25) is 0 Å². The van der Waals surface area contributed by atoms with Gasteiger partial charge in [-0.05, 0) is 12.2 Å². The van der Waals surface area contributed by atoms with E-state index in [2.05, 4.69) is 0 Å². The molecule has 0 fully saturated rings. The van der Waals surface area contributed by atoms with E-state index in [9.17, 15) is 9.59 Å². The standard InChI is InChI=1S/C8H8O4/c9-3-5-1-7(11)2-6(4-10)8(5)12/h1-2,9-10H,3-4H2. The summed E-state index contributed by atoms with van der Waals surface area (Å²) in [5, 5.41) is 17.3. The lowest BCUT2D eigenvalue weighted by molar-refractivity contribution is -0.116. The van der Waals surface area contributed by atoms with Crippen molar-refractivity contribution in [3.05, 3.63) is 23.3 Å². The lowest BCUT2D eigenvalue weighted by atomic mass is 9.97. The zero-order valence-corrected chi connectivity index (χ0v) is 6.28. The Morgan fingerprint density at radius 1 is 1.00 bits per heavy atom. The zero-order chi connectivity index (χ0) is 9.14. The van der Waals surface area contributed by atoms with Gasteiger partial charge in [0.25, 0.3) is 0 Å². The first kappa shape index (κ1) is 8.83. The minimum atomic E-state index is -0.470. The predicted octanol–water partition coefficient (Wildman–Crippen LogP) is -1.02. The molecule has 1 aliphatic carbocycles. The molecule has 12 heavy (non-hydrogen) atoms. The van der Waals surface area contributed by atoms with Crippen molar-refractivity contribution in [2.24, 2.45) is 0 Å². The second-order valence-corrected chi connectivity index (χ2v) is 2.39. The summed E-state index contributed by atoms with van der Waals surface area (Å²) in [6.07, 6.45) is 2.14. The smallest absolute Gasteiger partial charge is 0.189 e. The molecule has 0 bridgehead atoms. The van der Waals surface area contributed by atoms with Gasteiger partial charge in [-0.25, -0.2) is 0 Å². The van der Waals surface area contributed by atoms with Gasteiger partial charge in [-0.2, -0.15) is 0 Å². The second kappa shape index (κ2) is 3.42. The van der Waals surface area contributed by atoms with E-state index in [4.69, 9.17) is 10.2 Å². The highest BCUT2D eigenvalue weighted by atomic mass is 16.3. The molecular weight excluding hydrogens is 160 g/mol. The van der Waals surface area contributed by atoms with E-state index in [-0.39, 0.29) is 16.9 Å². The largest absolute Gasteiger partial charge is 0.392 e. The molecule has 4 nitrogen and oxygen atoms in total. The fourth-order valence-electron chi connectivity index (χ4n) is 0.957. The molecule has 0 aliphatic heterocycles. The highest BCUT2D eigenvalue weighted by molar-refractivity contribution is 6.20. The number of carbonyl (C=O) groups is 2. The van der Waals surface area contributed by atoms with Gasteiger partial charge in [-0.15, -0.1) is 0 Å². The van der Waals surface area contributed by atoms with Crippen molar-refractivity contribution in [3.8, 4) is 0 Å². The van der Waals surface area contributed by atoms with E-state index < -0.39 is 19.0 Å². The molecule has 2 N–H and O–H groups in total. The lowest BCUT2D eigenvalue weighted by Crippen LogP contribution is -2.18. The zero-order valence-electron chi connectivity index (χ0n) is 6.28. The number of ketones is 2. The summed E-state index contributed by atoms with van der Waals surface area (Å²) >= 11 is 0. The van der Waals surface area contributed by atoms with E-state index in [1.54, 1.807) is 0 Å². The van der Waals surface area contributed by atoms with Crippen molar-refractivity contribution in [1.29, 1.82) is 0 Å². The third-order valence-electron chi connectivity index (χ3n) is 1.56. The molecular formula is C8H8O4. The van der Waals surface area contributed by atoms with E-state index in [0.29, 0.717) is 0 Å². The molecule has 0 spiro atoms. The fraction of sp³-hybridized carbons (Fsp3) is 0.250. The van der Waals surface area contributed by atoms with Crippen LogP contribution in [0.1, 0.15) is 0 Å². The molecule has 0 heterocycles. The molecule has 0 aromatic heterocycles. The fourth-order valence-corrected chi connectivity index (χ4v) is 0.957. The molecule has 1 rings (SSSR count). The van der Waals surface area contributed by atoms with Gasteiger partial charge < -0.3 is 10.2 Å². The van der Waals surface area contributed by atoms with Crippen LogP contribution in [0.25, 0.3) is 0 Å². The number of carbonyl (C=O) groups excluding carboxylic acids is 2. The molecule has 0 unspecified atom stereocenters. The highest BCUT2D eigenvalue weighted by Gasteiger charge is 2.19. The van der Waals surface area contributed by atoms with Crippen LogP contribution in [-0.4, -0.2) is 35.0 Å². The maximum Gasteiger partial charge on any atom is 0.189 e. The van der Waals surface area contributed by atoms with Crippen LogP contribution in [0.2, 0.25) is 0 Å². The average Bonchev–Trinajstić information content (AvgIpc) is 2.08. The van der Waals surface area contributed by atoms with E-state index in [1.807, 2.05) is 0 Å². The first-order valence-corrected chi connectivity index (χ1v) is 3.40. The van der Waals surface area contributed by atoms with Crippen LogP contribution < -0.4 is 0 Å². The minimum Gasteiger partial charge on any atom is -0.392 e. The summed E-state index contributed by atoms with van der Waals surface area (Å²) in [5.41, 5.74) is 0.0677. The topological polar surface area (TPSA) is 74.6 Å². The first-order chi connectivity index (χ1) is 5.69. The Hall–Kier alpha value is -1.26. The molecule has 64 valence electrons. The quantitative estimate of drug-likeness (QED) is 0.517. The Bertz CT molecular complexity index is 259. The normalized spacial score (nSPS) is 17.5. The monoisotopic (exact) mass is 168 g/mol. The SMILES string of the molecule is O=C1C=C(CO)C(=O)C(CO)=C1. The number of allylic oxidation sites excluding steroid dienone is 2. The summed E-state index contributed by atoms with van der Waals surface area (Å²) < 4.78 is 0. The second-order valence-electron chi connectivity index (χ2n) is 2.39. The van der Waals surface area contributed by atoms with E-state index >= 15 is 0 Å². The van der Waals surface area contributed by atoms with Crippen LogP contribution in [0.4, 0.5) is 0 Å². The molecule has 0 saturated carbocycles. The molecule has 0 saturated heterocycles. The maximum absolute atomic E-state index is 11.1. The van der Waals surface area contributed by atoms with Crippen molar-refractivity contribution >= 4 is 11.6 Å². The minimum absolute atomic E-state index is 0.0338. The van der Waals surface area contributed by atoms with Crippen molar-refractivity contribution in [1.82, 2.24) is 0 Å². The molecule has 0 radical (unpaired) electrons. The average molecular weight is 168 g/mol. The van der Waals surface area contributed by atoms with Crippen LogP contribution in [-0.2, 0) is 9.59 Å². The molecule has 1 aliphatic rings. The van der Waals surface area contributed by atoms with Crippen LogP contribution in [0, 0.1) is 0 Å². The number of Topliss-reactive ketones (excluding diaryl/α,β-unsaturated/α-hetero) is 1. The lowest BCUT2D eigenvalue weighted by Gasteiger charge is -2.08. The Labute approximate surface area is 68.8 Å². The number of aliphatic hydroxyl groups excluding tert-OH is 2. The molecule has 0 amide bonds. The molecule has 0 aromatic rings. The van der Waals surface area contributed by atoms with Gasteiger partial charge >= 0.3 is 0 Å². The number of hydrogen-bond donors (Lipinski definition) is 2. The number of aliphatic hydroxyl groups is 2. The van der Waals surface area contributed by atoms with Crippen molar-refractivity contribution in [3.63, 3.8) is 0 Å². The summed E-state index contributed by atoms with van der Waals surface area (Å²) in [4.78, 5) is 21.9. The Balaban J connectivity index is 2.98. The first-order valence-electron chi connectivity index (χ1n) is 3.40. The number of hydrogen-bond acceptors (Lipinski definition) is 4. The summed E-state index contributed by atoms with van der Waals surface area (Å²) in [7, 11) is 0. The Kier molecular flexibility index (Phi) is 2.52. The van der Waals surface area contributed by atoms with Gasteiger partial charge in [-0.1, -0.05) is 0 Å². The van der Waals surface area contributed by atoms with E-state index in [0.717, 1.165) is 12.2 Å². The summed E-state index contributed by atoms with van der Waals surface area (Å²) in [6, 6.07) is 0. The van der Waals surface area contributed by atoms with Crippen LogP contribution >= 0.6 is 0 Å². The molecule has 4 heteroatoms.